The minimum Gasteiger partial charge on any atom is -0.326 e. The predicted molar refractivity (Wildman–Crippen MR) is 75.7 cm³/mol. The molecular formula is C14H20F3N3O. The second-order valence-corrected chi connectivity index (χ2v) is 4.87. The molecule has 0 aromatic heterocycles. The van der Waals surface area contributed by atoms with Crippen molar-refractivity contribution in [3.05, 3.63) is 29.8 Å². The zero-order valence-corrected chi connectivity index (χ0v) is 11.9. The van der Waals surface area contributed by atoms with Crippen LogP contribution in [0.15, 0.2) is 24.3 Å². The number of alkyl halides is 3. The van der Waals surface area contributed by atoms with Crippen LogP contribution in [-0.2, 0) is 11.3 Å². The van der Waals surface area contributed by atoms with E-state index in [4.69, 9.17) is 5.73 Å². The number of carbonyl (C=O) groups excluding carboxylic acids is 1. The molecule has 0 atom stereocenters. The van der Waals surface area contributed by atoms with E-state index in [2.05, 4.69) is 5.32 Å². The summed E-state index contributed by atoms with van der Waals surface area (Å²) in [5.41, 5.74) is 7.07. The lowest BCUT2D eigenvalue weighted by Crippen LogP contribution is -2.28. The van der Waals surface area contributed by atoms with E-state index in [9.17, 15) is 18.0 Å². The van der Waals surface area contributed by atoms with E-state index in [0.29, 0.717) is 12.2 Å². The van der Waals surface area contributed by atoms with Crippen molar-refractivity contribution in [2.45, 2.75) is 25.6 Å². The van der Waals surface area contributed by atoms with Crippen molar-refractivity contribution >= 4 is 11.6 Å². The van der Waals surface area contributed by atoms with Crippen LogP contribution in [0.5, 0.6) is 0 Å². The molecule has 0 saturated heterocycles. The van der Waals surface area contributed by atoms with Gasteiger partial charge in [-0.3, -0.25) is 4.79 Å². The summed E-state index contributed by atoms with van der Waals surface area (Å²) in [6, 6.07) is 7.11. The first-order chi connectivity index (χ1) is 9.80. The van der Waals surface area contributed by atoms with Crippen LogP contribution < -0.4 is 11.1 Å². The number of carbonyl (C=O) groups is 1. The lowest BCUT2D eigenvalue weighted by Gasteiger charge is -2.17. The molecule has 0 spiro atoms. The number of nitrogens with zero attached hydrogens (tertiary/aromatic N) is 1. The smallest absolute Gasteiger partial charge is 0.326 e. The summed E-state index contributed by atoms with van der Waals surface area (Å²) in [5.74, 6) is -0.227. The molecule has 0 radical (unpaired) electrons. The minimum atomic E-state index is -4.17. The minimum absolute atomic E-state index is 0.109. The van der Waals surface area contributed by atoms with E-state index >= 15 is 0 Å². The van der Waals surface area contributed by atoms with Crippen LogP contribution >= 0.6 is 0 Å². The lowest BCUT2D eigenvalue weighted by atomic mass is 10.2. The molecule has 0 bridgehead atoms. The largest absolute Gasteiger partial charge is 0.390 e. The Morgan fingerprint density at radius 3 is 2.38 bits per heavy atom. The van der Waals surface area contributed by atoms with E-state index in [1.165, 1.54) is 4.90 Å². The van der Waals surface area contributed by atoms with Crippen molar-refractivity contribution in [3.63, 3.8) is 0 Å². The number of benzene rings is 1. The Balaban J connectivity index is 2.30. The van der Waals surface area contributed by atoms with Crippen LogP contribution in [0.3, 0.4) is 0 Å². The summed E-state index contributed by atoms with van der Waals surface area (Å²) in [6.07, 6.45) is -4.89. The summed E-state index contributed by atoms with van der Waals surface area (Å²) >= 11 is 0. The number of rotatable bonds is 7. The van der Waals surface area contributed by atoms with Gasteiger partial charge in [0.05, 0.1) is 6.42 Å². The average Bonchev–Trinajstić information content (AvgIpc) is 2.43. The highest BCUT2D eigenvalue weighted by Crippen LogP contribution is 2.19. The molecule has 0 aliphatic carbocycles. The molecule has 1 aromatic rings. The van der Waals surface area contributed by atoms with Gasteiger partial charge in [-0.25, -0.2) is 0 Å². The molecule has 118 valence electrons. The van der Waals surface area contributed by atoms with E-state index < -0.39 is 12.6 Å². The molecule has 0 unspecified atom stereocenters. The summed E-state index contributed by atoms with van der Waals surface area (Å²) in [5, 5.41) is 2.69. The van der Waals surface area contributed by atoms with Crippen LogP contribution in [-0.4, -0.2) is 37.1 Å². The average molecular weight is 303 g/mol. The summed E-state index contributed by atoms with van der Waals surface area (Å²) in [6.45, 7) is 0.600. The van der Waals surface area contributed by atoms with Gasteiger partial charge in [-0.15, -0.1) is 0 Å². The number of hydrogen-bond donors (Lipinski definition) is 2. The quantitative estimate of drug-likeness (QED) is 0.813. The van der Waals surface area contributed by atoms with Crippen LogP contribution in [0.25, 0.3) is 0 Å². The Labute approximate surface area is 122 Å². The van der Waals surface area contributed by atoms with E-state index in [-0.39, 0.29) is 25.4 Å². The zero-order valence-electron chi connectivity index (χ0n) is 11.9. The number of nitrogens with one attached hydrogen (secondary N) is 1. The molecule has 1 rings (SSSR count). The molecule has 0 heterocycles. The third-order valence-corrected chi connectivity index (χ3v) is 2.97. The van der Waals surface area contributed by atoms with Crippen molar-refractivity contribution in [1.29, 1.82) is 0 Å². The number of anilines is 1. The second-order valence-electron chi connectivity index (χ2n) is 4.87. The highest BCUT2D eigenvalue weighted by atomic mass is 19.4. The van der Waals surface area contributed by atoms with Gasteiger partial charge in [0.15, 0.2) is 0 Å². The SMILES string of the molecule is CN(CCC(=O)Nc1ccc(CN)cc1)CCC(F)(F)F. The van der Waals surface area contributed by atoms with Gasteiger partial charge in [-0.05, 0) is 24.7 Å². The predicted octanol–water partition coefficient (Wildman–Crippen LogP) is 2.36. The molecule has 1 amide bonds. The summed E-state index contributed by atoms with van der Waals surface area (Å²) < 4.78 is 36.1. The third-order valence-electron chi connectivity index (χ3n) is 2.97. The molecule has 0 aliphatic heterocycles. The summed E-state index contributed by atoms with van der Waals surface area (Å²) in [7, 11) is 1.56. The van der Waals surface area contributed by atoms with E-state index in [1.807, 2.05) is 12.1 Å². The fourth-order valence-corrected chi connectivity index (χ4v) is 1.67. The maximum atomic E-state index is 12.0. The fourth-order valence-electron chi connectivity index (χ4n) is 1.67. The molecule has 0 aliphatic rings. The van der Waals surface area contributed by atoms with Crippen LogP contribution in [0, 0.1) is 0 Å². The van der Waals surface area contributed by atoms with Gasteiger partial charge < -0.3 is 16.0 Å². The molecule has 4 nitrogen and oxygen atoms in total. The van der Waals surface area contributed by atoms with Crippen molar-refractivity contribution in [2.24, 2.45) is 5.73 Å². The van der Waals surface area contributed by atoms with Gasteiger partial charge in [0.2, 0.25) is 5.91 Å². The zero-order chi connectivity index (χ0) is 15.9. The molecular weight excluding hydrogens is 283 g/mol. The number of hydrogen-bond acceptors (Lipinski definition) is 3. The highest BCUT2D eigenvalue weighted by Gasteiger charge is 2.27. The summed E-state index contributed by atoms with van der Waals surface area (Å²) in [4.78, 5) is 13.2. The highest BCUT2D eigenvalue weighted by molar-refractivity contribution is 5.90. The van der Waals surface area contributed by atoms with Gasteiger partial charge >= 0.3 is 6.18 Å². The third kappa shape index (κ3) is 7.67. The topological polar surface area (TPSA) is 58.4 Å². The Morgan fingerprint density at radius 2 is 1.86 bits per heavy atom. The molecule has 0 fully saturated rings. The Morgan fingerprint density at radius 1 is 1.24 bits per heavy atom. The first-order valence-corrected chi connectivity index (χ1v) is 6.64. The van der Waals surface area contributed by atoms with Gasteiger partial charge in [-0.1, -0.05) is 12.1 Å². The number of amides is 1. The Hall–Kier alpha value is -1.60. The fraction of sp³-hybridized carbons (Fsp3) is 0.500. The van der Waals surface area contributed by atoms with Crippen LogP contribution in [0.2, 0.25) is 0 Å². The second kappa shape index (κ2) is 7.99. The number of nitrogens with two attached hydrogens (primary N) is 1. The Bertz CT molecular complexity index is 446. The standard InChI is InChI=1S/C14H20F3N3O/c1-20(9-7-14(15,16)17)8-6-13(21)19-12-4-2-11(10-18)3-5-12/h2-5H,6-10,18H2,1H3,(H,19,21). The monoisotopic (exact) mass is 303 g/mol. The Kier molecular flexibility index (Phi) is 6.64. The van der Waals surface area contributed by atoms with Crippen molar-refractivity contribution in [3.8, 4) is 0 Å². The molecule has 0 saturated carbocycles. The number of halogens is 3. The maximum Gasteiger partial charge on any atom is 0.390 e. The van der Waals surface area contributed by atoms with Gasteiger partial charge in [0.1, 0.15) is 0 Å². The van der Waals surface area contributed by atoms with Gasteiger partial charge in [-0.2, -0.15) is 13.2 Å². The van der Waals surface area contributed by atoms with Gasteiger partial charge in [0, 0.05) is 31.7 Å². The van der Waals surface area contributed by atoms with Crippen molar-refractivity contribution < 1.29 is 18.0 Å². The first kappa shape index (κ1) is 17.5. The molecule has 3 N–H and O–H groups in total. The van der Waals surface area contributed by atoms with Gasteiger partial charge in [0.25, 0.3) is 0 Å². The first-order valence-electron chi connectivity index (χ1n) is 6.64. The van der Waals surface area contributed by atoms with Crippen molar-refractivity contribution in [1.82, 2.24) is 4.90 Å². The molecule has 1 aromatic carbocycles. The van der Waals surface area contributed by atoms with Crippen molar-refractivity contribution in [2.75, 3.05) is 25.5 Å². The van der Waals surface area contributed by atoms with E-state index in [0.717, 1.165) is 5.56 Å². The van der Waals surface area contributed by atoms with Crippen LogP contribution in [0.4, 0.5) is 18.9 Å². The lowest BCUT2D eigenvalue weighted by molar-refractivity contribution is -0.137. The van der Waals surface area contributed by atoms with Crippen LogP contribution in [0.1, 0.15) is 18.4 Å². The van der Waals surface area contributed by atoms with E-state index in [1.54, 1.807) is 19.2 Å². The normalized spacial score (nSPS) is 11.7. The maximum absolute atomic E-state index is 12.0. The molecule has 21 heavy (non-hydrogen) atoms. The molecule has 7 heteroatoms.